The van der Waals surface area contributed by atoms with Gasteiger partial charge in [0.1, 0.15) is 0 Å². The molecule has 2 rings (SSSR count). The molecule has 1 aliphatic heterocycles. The van der Waals surface area contributed by atoms with Gasteiger partial charge in [0.05, 0.1) is 13.2 Å². The van der Waals surface area contributed by atoms with Crippen LogP contribution in [0, 0.1) is 5.92 Å². The summed E-state index contributed by atoms with van der Waals surface area (Å²) in [7, 11) is 1.86. The zero-order chi connectivity index (χ0) is 16.5. The number of aliphatic imine (C=N–C) groups is 1. The van der Waals surface area contributed by atoms with E-state index in [2.05, 4.69) is 34.4 Å². The summed E-state index contributed by atoms with van der Waals surface area (Å²) in [6, 6.07) is 0. The van der Waals surface area contributed by atoms with Crippen LogP contribution in [0.2, 0.25) is 0 Å². The number of hydrogen-bond acceptors (Lipinski definition) is 3. The molecule has 1 aliphatic carbocycles. The van der Waals surface area contributed by atoms with Gasteiger partial charge in [-0.1, -0.05) is 25.7 Å². The van der Waals surface area contributed by atoms with Gasteiger partial charge in [-0.25, -0.2) is 0 Å². The molecule has 0 bridgehead atoms. The van der Waals surface area contributed by atoms with Crippen molar-refractivity contribution in [1.29, 1.82) is 0 Å². The Hall–Kier alpha value is -0.0800. The minimum Gasteiger partial charge on any atom is -0.379 e. The molecule has 0 aromatic carbocycles. The molecular weight excluding hydrogens is 415 g/mol. The minimum absolute atomic E-state index is 0. The highest BCUT2D eigenvalue weighted by molar-refractivity contribution is 14.0. The summed E-state index contributed by atoms with van der Waals surface area (Å²) in [6.07, 6.45) is 8.39. The second-order valence-electron chi connectivity index (χ2n) is 7.56. The number of morpholine rings is 1. The Labute approximate surface area is 165 Å². The Balaban J connectivity index is 0.00000288. The van der Waals surface area contributed by atoms with Gasteiger partial charge in [0, 0.05) is 38.8 Å². The lowest BCUT2D eigenvalue weighted by molar-refractivity contribution is -0.00833. The van der Waals surface area contributed by atoms with Gasteiger partial charge in [-0.05, 0) is 32.6 Å². The third kappa shape index (κ3) is 7.44. The second kappa shape index (κ2) is 11.5. The molecular formula is C18H37IN4O. The Kier molecular flexibility index (Phi) is 10.5. The van der Waals surface area contributed by atoms with Crippen molar-refractivity contribution in [3.63, 3.8) is 0 Å². The van der Waals surface area contributed by atoms with E-state index >= 15 is 0 Å². The number of nitrogens with zero attached hydrogens (tertiary/aromatic N) is 2. The van der Waals surface area contributed by atoms with Crippen LogP contribution in [-0.2, 0) is 4.74 Å². The number of ether oxygens (including phenoxy) is 1. The molecule has 1 saturated carbocycles. The highest BCUT2D eigenvalue weighted by Crippen LogP contribution is 2.28. The predicted molar refractivity (Wildman–Crippen MR) is 112 cm³/mol. The Bertz CT molecular complexity index is 364. The highest BCUT2D eigenvalue weighted by atomic mass is 127. The van der Waals surface area contributed by atoms with Crippen molar-refractivity contribution in [3.05, 3.63) is 0 Å². The quantitative estimate of drug-likeness (QED) is 0.270. The topological polar surface area (TPSA) is 48.9 Å². The molecule has 6 heteroatoms. The maximum Gasteiger partial charge on any atom is 0.191 e. The molecule has 0 aromatic rings. The van der Waals surface area contributed by atoms with E-state index in [1.165, 1.54) is 38.5 Å². The van der Waals surface area contributed by atoms with Crippen molar-refractivity contribution >= 4 is 29.9 Å². The summed E-state index contributed by atoms with van der Waals surface area (Å²) in [5.74, 6) is 1.91. The van der Waals surface area contributed by atoms with Crippen LogP contribution in [0.25, 0.3) is 0 Å². The first-order valence-corrected chi connectivity index (χ1v) is 9.39. The van der Waals surface area contributed by atoms with Gasteiger partial charge in [-0.2, -0.15) is 0 Å². The summed E-state index contributed by atoms with van der Waals surface area (Å²) in [5.41, 5.74) is 0.116. The van der Waals surface area contributed by atoms with Gasteiger partial charge in [0.15, 0.2) is 5.96 Å². The molecule has 2 N–H and O–H groups in total. The Morgan fingerprint density at radius 3 is 2.46 bits per heavy atom. The number of rotatable bonds is 7. The lowest BCUT2D eigenvalue weighted by Crippen LogP contribution is -2.56. The molecule has 2 fully saturated rings. The molecule has 0 amide bonds. The summed E-state index contributed by atoms with van der Waals surface area (Å²) >= 11 is 0. The summed E-state index contributed by atoms with van der Waals surface area (Å²) in [6.45, 7) is 10.2. The molecule has 0 spiro atoms. The van der Waals surface area contributed by atoms with Gasteiger partial charge in [-0.3, -0.25) is 9.89 Å². The van der Waals surface area contributed by atoms with E-state index in [0.29, 0.717) is 0 Å². The summed E-state index contributed by atoms with van der Waals surface area (Å²) in [5, 5.41) is 6.96. The lowest BCUT2D eigenvalue weighted by atomic mass is 10.0. The van der Waals surface area contributed by atoms with Crippen molar-refractivity contribution < 1.29 is 4.74 Å². The zero-order valence-corrected chi connectivity index (χ0v) is 18.1. The predicted octanol–water partition coefficient (Wildman–Crippen LogP) is 2.85. The zero-order valence-electron chi connectivity index (χ0n) is 15.8. The lowest BCUT2D eigenvalue weighted by Gasteiger charge is -2.41. The third-order valence-corrected chi connectivity index (χ3v) is 5.34. The smallest absolute Gasteiger partial charge is 0.191 e. The molecule has 1 saturated heterocycles. The van der Waals surface area contributed by atoms with E-state index in [0.717, 1.165) is 51.3 Å². The second-order valence-corrected chi connectivity index (χ2v) is 7.56. The minimum atomic E-state index is 0. The average Bonchev–Trinajstić information content (AvgIpc) is 3.08. The van der Waals surface area contributed by atoms with Crippen molar-refractivity contribution in [2.45, 2.75) is 57.9 Å². The van der Waals surface area contributed by atoms with Gasteiger partial charge in [0.25, 0.3) is 0 Å². The van der Waals surface area contributed by atoms with E-state index in [4.69, 9.17) is 4.74 Å². The molecule has 1 heterocycles. The highest BCUT2D eigenvalue weighted by Gasteiger charge is 2.28. The van der Waals surface area contributed by atoms with E-state index in [9.17, 15) is 0 Å². The molecule has 0 unspecified atom stereocenters. The molecule has 0 atom stereocenters. The van der Waals surface area contributed by atoms with Crippen LogP contribution < -0.4 is 10.6 Å². The molecule has 2 aliphatic rings. The Morgan fingerprint density at radius 2 is 1.83 bits per heavy atom. The van der Waals surface area contributed by atoms with Crippen LogP contribution in [-0.4, -0.2) is 62.8 Å². The normalized spacial score (nSPS) is 20.7. The SMILES string of the molecule is CN=C(NCCCC1CCCC1)NCC(C)(C)N1CCOCC1.I. The Morgan fingerprint density at radius 1 is 1.17 bits per heavy atom. The fraction of sp³-hybridized carbons (Fsp3) is 0.944. The molecule has 0 radical (unpaired) electrons. The first-order valence-electron chi connectivity index (χ1n) is 9.39. The van der Waals surface area contributed by atoms with Crippen molar-refractivity contribution in [1.82, 2.24) is 15.5 Å². The van der Waals surface area contributed by atoms with Gasteiger partial charge >= 0.3 is 0 Å². The number of guanidine groups is 1. The largest absolute Gasteiger partial charge is 0.379 e. The molecule has 5 nitrogen and oxygen atoms in total. The van der Waals surface area contributed by atoms with Crippen molar-refractivity contribution in [2.75, 3.05) is 46.4 Å². The van der Waals surface area contributed by atoms with Crippen LogP contribution in [0.15, 0.2) is 4.99 Å². The number of nitrogens with one attached hydrogen (secondary N) is 2. The average molecular weight is 452 g/mol. The molecule has 0 aromatic heterocycles. The van der Waals surface area contributed by atoms with Crippen LogP contribution in [0.4, 0.5) is 0 Å². The maximum atomic E-state index is 5.45. The van der Waals surface area contributed by atoms with Crippen LogP contribution >= 0.6 is 24.0 Å². The van der Waals surface area contributed by atoms with Gasteiger partial charge < -0.3 is 15.4 Å². The van der Waals surface area contributed by atoms with E-state index in [1.54, 1.807) is 0 Å². The van der Waals surface area contributed by atoms with E-state index in [1.807, 2.05) is 7.05 Å². The number of halogens is 1. The van der Waals surface area contributed by atoms with Crippen molar-refractivity contribution in [3.8, 4) is 0 Å². The van der Waals surface area contributed by atoms with Crippen molar-refractivity contribution in [2.24, 2.45) is 10.9 Å². The van der Waals surface area contributed by atoms with E-state index < -0.39 is 0 Å². The van der Waals surface area contributed by atoms with Gasteiger partial charge in [0.2, 0.25) is 0 Å². The van der Waals surface area contributed by atoms with E-state index in [-0.39, 0.29) is 29.5 Å². The molecule has 24 heavy (non-hydrogen) atoms. The first kappa shape index (κ1) is 22.0. The fourth-order valence-electron chi connectivity index (χ4n) is 3.70. The molecule has 142 valence electrons. The van der Waals surface area contributed by atoms with Crippen LogP contribution in [0.1, 0.15) is 52.4 Å². The number of hydrogen-bond donors (Lipinski definition) is 2. The fourth-order valence-corrected chi connectivity index (χ4v) is 3.70. The standard InChI is InChI=1S/C18H36N4O.HI/c1-18(2,22-11-13-23-14-12-22)15-21-17(19-3)20-10-6-9-16-7-4-5-8-16;/h16H,4-15H2,1-3H3,(H2,19,20,21);1H. The van der Waals surface area contributed by atoms with Crippen LogP contribution in [0.5, 0.6) is 0 Å². The summed E-state index contributed by atoms with van der Waals surface area (Å²) in [4.78, 5) is 6.85. The van der Waals surface area contributed by atoms with Crippen LogP contribution in [0.3, 0.4) is 0 Å². The maximum absolute atomic E-state index is 5.45. The van der Waals surface area contributed by atoms with Gasteiger partial charge in [-0.15, -0.1) is 24.0 Å². The first-order chi connectivity index (χ1) is 11.1. The monoisotopic (exact) mass is 452 g/mol. The third-order valence-electron chi connectivity index (χ3n) is 5.34. The summed E-state index contributed by atoms with van der Waals surface area (Å²) < 4.78 is 5.45.